The Hall–Kier alpha value is -3.16. The maximum Gasteiger partial charge on any atom is 0.271 e. The molecule has 0 saturated heterocycles. The SMILES string of the molecule is Cc1ccc(C)n1-c1ccc(C(=O)N/N=C\c2ccc(OCc3ccc(Br)cc3Br)cc2)cc1. The van der Waals surface area contributed by atoms with E-state index in [9.17, 15) is 4.79 Å². The van der Waals surface area contributed by atoms with Crippen LogP contribution in [0.4, 0.5) is 0 Å². The molecule has 0 radical (unpaired) electrons. The van der Waals surface area contributed by atoms with Gasteiger partial charge < -0.3 is 9.30 Å². The lowest BCUT2D eigenvalue weighted by Gasteiger charge is -2.10. The molecule has 0 bridgehead atoms. The van der Waals surface area contributed by atoms with Crippen LogP contribution < -0.4 is 10.2 Å². The van der Waals surface area contributed by atoms with Crippen LogP contribution in [0.25, 0.3) is 5.69 Å². The Morgan fingerprint density at radius 2 is 1.62 bits per heavy atom. The minimum atomic E-state index is -0.260. The second-order valence-corrected chi connectivity index (χ2v) is 9.56. The van der Waals surface area contributed by atoms with Crippen molar-refractivity contribution in [3.8, 4) is 11.4 Å². The molecule has 4 aromatic rings. The summed E-state index contributed by atoms with van der Waals surface area (Å²) >= 11 is 6.99. The predicted molar refractivity (Wildman–Crippen MR) is 143 cm³/mol. The number of aryl methyl sites for hydroxylation is 2. The highest BCUT2D eigenvalue weighted by Crippen LogP contribution is 2.23. The molecule has 1 aromatic heterocycles. The zero-order chi connectivity index (χ0) is 24.1. The number of ether oxygens (including phenoxy) is 1. The molecular weight excluding hydrogens is 558 g/mol. The minimum Gasteiger partial charge on any atom is -0.489 e. The van der Waals surface area contributed by atoms with Gasteiger partial charge in [0.1, 0.15) is 12.4 Å². The Kier molecular flexibility index (Phi) is 7.65. The van der Waals surface area contributed by atoms with Gasteiger partial charge in [-0.15, -0.1) is 0 Å². The van der Waals surface area contributed by atoms with E-state index in [1.54, 1.807) is 18.3 Å². The van der Waals surface area contributed by atoms with Crippen LogP contribution in [0.5, 0.6) is 5.75 Å². The molecule has 5 nitrogen and oxygen atoms in total. The van der Waals surface area contributed by atoms with Gasteiger partial charge in [0.15, 0.2) is 0 Å². The molecule has 1 N–H and O–H groups in total. The van der Waals surface area contributed by atoms with Crippen LogP contribution in [0.3, 0.4) is 0 Å². The molecule has 7 heteroatoms. The Morgan fingerprint density at radius 3 is 2.26 bits per heavy atom. The number of aromatic nitrogens is 1. The molecule has 1 amide bonds. The lowest BCUT2D eigenvalue weighted by Crippen LogP contribution is -2.17. The van der Waals surface area contributed by atoms with Gasteiger partial charge in [-0.2, -0.15) is 5.10 Å². The van der Waals surface area contributed by atoms with Crippen molar-refractivity contribution in [1.82, 2.24) is 9.99 Å². The number of benzene rings is 3. The van der Waals surface area contributed by atoms with Crippen LogP contribution in [-0.2, 0) is 6.61 Å². The molecule has 3 aromatic carbocycles. The van der Waals surface area contributed by atoms with Crippen molar-refractivity contribution in [2.24, 2.45) is 5.10 Å². The zero-order valence-corrected chi connectivity index (χ0v) is 21.9. The van der Waals surface area contributed by atoms with Gasteiger partial charge in [-0.25, -0.2) is 5.43 Å². The average Bonchev–Trinajstić information content (AvgIpc) is 3.17. The van der Waals surface area contributed by atoms with E-state index in [-0.39, 0.29) is 5.91 Å². The lowest BCUT2D eigenvalue weighted by molar-refractivity contribution is 0.0955. The van der Waals surface area contributed by atoms with Gasteiger partial charge >= 0.3 is 0 Å². The first-order valence-corrected chi connectivity index (χ1v) is 12.2. The van der Waals surface area contributed by atoms with Crippen molar-refractivity contribution >= 4 is 44.0 Å². The summed E-state index contributed by atoms with van der Waals surface area (Å²) in [5.41, 5.74) is 8.36. The van der Waals surface area contributed by atoms with Crippen LogP contribution in [0, 0.1) is 13.8 Å². The van der Waals surface area contributed by atoms with Gasteiger partial charge in [0, 0.05) is 37.1 Å². The molecule has 0 unspecified atom stereocenters. The Morgan fingerprint density at radius 1 is 0.941 bits per heavy atom. The van der Waals surface area contributed by atoms with Crippen LogP contribution >= 0.6 is 31.9 Å². The van der Waals surface area contributed by atoms with E-state index >= 15 is 0 Å². The molecule has 0 spiro atoms. The summed E-state index contributed by atoms with van der Waals surface area (Å²) in [4.78, 5) is 12.4. The molecule has 172 valence electrons. The van der Waals surface area contributed by atoms with Crippen molar-refractivity contribution in [2.75, 3.05) is 0 Å². The number of amides is 1. The van der Waals surface area contributed by atoms with Crippen LogP contribution in [0.1, 0.15) is 32.9 Å². The van der Waals surface area contributed by atoms with E-state index in [0.717, 1.165) is 42.9 Å². The van der Waals surface area contributed by atoms with E-state index < -0.39 is 0 Å². The monoisotopic (exact) mass is 579 g/mol. The van der Waals surface area contributed by atoms with Crippen LogP contribution in [0.15, 0.2) is 92.9 Å². The normalized spacial score (nSPS) is 11.1. The average molecular weight is 581 g/mol. The Bertz CT molecular complexity index is 1310. The third-order valence-electron chi connectivity index (χ3n) is 5.33. The first-order chi connectivity index (χ1) is 16.4. The third kappa shape index (κ3) is 5.85. The number of halogens is 2. The first-order valence-electron chi connectivity index (χ1n) is 10.7. The smallest absolute Gasteiger partial charge is 0.271 e. The van der Waals surface area contributed by atoms with Gasteiger partial charge in [0.2, 0.25) is 0 Å². The van der Waals surface area contributed by atoms with Crippen molar-refractivity contribution < 1.29 is 9.53 Å². The predicted octanol–water partition coefficient (Wildman–Crippen LogP) is 6.96. The topological polar surface area (TPSA) is 55.6 Å². The number of nitrogens with zero attached hydrogens (tertiary/aromatic N) is 2. The third-order valence-corrected chi connectivity index (χ3v) is 6.56. The van der Waals surface area contributed by atoms with Gasteiger partial charge in [0.25, 0.3) is 5.91 Å². The summed E-state index contributed by atoms with van der Waals surface area (Å²) < 4.78 is 10.0. The maximum atomic E-state index is 12.4. The number of nitrogens with one attached hydrogen (secondary N) is 1. The molecule has 0 aliphatic carbocycles. The number of carbonyl (C=O) groups is 1. The zero-order valence-electron chi connectivity index (χ0n) is 18.8. The summed E-state index contributed by atoms with van der Waals surface area (Å²) in [5, 5.41) is 4.08. The standard InChI is InChI=1S/C27H23Br2N3O2/c1-18-3-4-19(2)32(18)24-11-8-21(9-12-24)27(33)31-30-16-20-5-13-25(14-6-20)34-17-22-7-10-23(28)15-26(22)29/h3-16H,17H2,1-2H3,(H,31,33)/b30-16-. The second-order valence-electron chi connectivity index (χ2n) is 7.79. The summed E-state index contributed by atoms with van der Waals surface area (Å²) in [6, 6.07) is 25.1. The fourth-order valence-corrected chi connectivity index (χ4v) is 4.68. The minimum absolute atomic E-state index is 0.260. The molecule has 34 heavy (non-hydrogen) atoms. The molecule has 0 fully saturated rings. The maximum absolute atomic E-state index is 12.4. The summed E-state index contributed by atoms with van der Waals surface area (Å²) in [6.07, 6.45) is 1.61. The Labute approximate surface area is 215 Å². The fraction of sp³-hybridized carbons (Fsp3) is 0.111. The van der Waals surface area contributed by atoms with Crippen LogP contribution in [-0.4, -0.2) is 16.7 Å². The van der Waals surface area contributed by atoms with Gasteiger partial charge in [-0.05, 0) is 92.2 Å². The Balaban J connectivity index is 1.31. The van der Waals surface area contributed by atoms with Crippen molar-refractivity contribution in [3.63, 3.8) is 0 Å². The van der Waals surface area contributed by atoms with Crippen LogP contribution in [0.2, 0.25) is 0 Å². The lowest BCUT2D eigenvalue weighted by atomic mass is 10.2. The van der Waals surface area contributed by atoms with E-state index in [1.807, 2.05) is 54.6 Å². The summed E-state index contributed by atoms with van der Waals surface area (Å²) in [5.74, 6) is 0.494. The highest BCUT2D eigenvalue weighted by molar-refractivity contribution is 9.11. The number of hydrogen-bond donors (Lipinski definition) is 1. The van der Waals surface area contributed by atoms with Crippen molar-refractivity contribution in [3.05, 3.63) is 116 Å². The molecule has 4 rings (SSSR count). The summed E-state index contributed by atoms with van der Waals surface area (Å²) in [7, 11) is 0. The first kappa shape index (κ1) is 24.0. The van der Waals surface area contributed by atoms with E-state index in [1.165, 1.54) is 0 Å². The van der Waals surface area contributed by atoms with Gasteiger partial charge in [-0.3, -0.25) is 4.79 Å². The highest BCUT2D eigenvalue weighted by atomic mass is 79.9. The molecule has 0 aliphatic rings. The molecule has 0 saturated carbocycles. The molecule has 1 heterocycles. The largest absolute Gasteiger partial charge is 0.489 e. The molecule has 0 aliphatic heterocycles. The molecular formula is C27H23Br2N3O2. The van der Waals surface area contributed by atoms with Crippen molar-refractivity contribution in [2.45, 2.75) is 20.5 Å². The fourth-order valence-electron chi connectivity index (χ4n) is 3.52. The van der Waals surface area contributed by atoms with E-state index in [2.05, 4.69) is 72.9 Å². The second kappa shape index (κ2) is 10.8. The van der Waals surface area contributed by atoms with Gasteiger partial charge in [-0.1, -0.05) is 37.9 Å². The molecule has 0 atom stereocenters. The quantitative estimate of drug-likeness (QED) is 0.190. The van der Waals surface area contributed by atoms with E-state index in [4.69, 9.17) is 4.74 Å². The number of hydrazone groups is 1. The number of rotatable bonds is 7. The number of carbonyl (C=O) groups excluding carboxylic acids is 1. The summed E-state index contributed by atoms with van der Waals surface area (Å²) in [6.45, 7) is 4.57. The van der Waals surface area contributed by atoms with E-state index in [0.29, 0.717) is 12.2 Å². The highest BCUT2D eigenvalue weighted by Gasteiger charge is 2.07. The van der Waals surface area contributed by atoms with Crippen molar-refractivity contribution in [1.29, 1.82) is 0 Å². The van der Waals surface area contributed by atoms with Gasteiger partial charge in [0.05, 0.1) is 6.21 Å². The number of hydrogen-bond acceptors (Lipinski definition) is 3.